The fourth-order valence-corrected chi connectivity index (χ4v) is 1.41. The second-order valence-corrected chi connectivity index (χ2v) is 3.00. The number of aryl methyl sites for hydroxylation is 1. The summed E-state index contributed by atoms with van der Waals surface area (Å²) in [5.41, 5.74) is 7.81. The molecule has 4 heteroatoms. The highest BCUT2D eigenvalue weighted by molar-refractivity contribution is 6.33. The molecule has 0 bridgehead atoms. The highest BCUT2D eigenvalue weighted by Gasteiger charge is 2.08. The van der Waals surface area contributed by atoms with Crippen molar-refractivity contribution in [2.75, 3.05) is 5.73 Å². The molecule has 0 amide bonds. The molecule has 1 aromatic heterocycles. The number of rotatable bonds is 1. The van der Waals surface area contributed by atoms with Gasteiger partial charge in [0.1, 0.15) is 5.15 Å². The zero-order chi connectivity index (χ0) is 13.3. The summed E-state index contributed by atoms with van der Waals surface area (Å²) in [5.74, 6) is 0. The molecule has 1 aromatic rings. The van der Waals surface area contributed by atoms with Crippen LogP contribution >= 0.6 is 11.6 Å². The van der Waals surface area contributed by atoms with Crippen LogP contribution in [0.5, 0.6) is 0 Å². The minimum absolute atomic E-state index is 0.306. The third kappa shape index (κ3) is 5.12. The smallest absolute Gasteiger partial charge is 0.140 e. The zero-order valence-electron chi connectivity index (χ0n) is 11.0. The quantitative estimate of drug-likeness (QED) is 0.577. The van der Waals surface area contributed by atoms with Gasteiger partial charge < -0.3 is 11.1 Å². The van der Waals surface area contributed by atoms with Crippen molar-refractivity contribution in [2.45, 2.75) is 41.5 Å². The second kappa shape index (κ2) is 9.16. The Balaban J connectivity index is 0. The highest BCUT2D eigenvalue weighted by atomic mass is 35.5. The van der Waals surface area contributed by atoms with E-state index in [4.69, 9.17) is 22.7 Å². The lowest BCUT2D eigenvalue weighted by molar-refractivity contribution is 1.19. The van der Waals surface area contributed by atoms with Crippen LogP contribution in [0.4, 0.5) is 5.69 Å². The number of nitrogens with two attached hydrogens (primary N) is 1. The topological polar surface area (TPSA) is 62.8 Å². The van der Waals surface area contributed by atoms with Crippen molar-refractivity contribution in [1.82, 2.24) is 4.98 Å². The largest absolute Gasteiger partial charge is 0.398 e. The molecule has 0 atom stereocenters. The van der Waals surface area contributed by atoms with E-state index in [1.54, 1.807) is 13.0 Å². The van der Waals surface area contributed by atoms with Crippen molar-refractivity contribution in [3.63, 3.8) is 0 Å². The number of hydrogen-bond acceptors (Lipinski definition) is 3. The van der Waals surface area contributed by atoms with Gasteiger partial charge in [0.2, 0.25) is 0 Å². The maximum Gasteiger partial charge on any atom is 0.140 e. The predicted octanol–water partition coefficient (Wildman–Crippen LogP) is 4.07. The van der Waals surface area contributed by atoms with Crippen molar-refractivity contribution < 1.29 is 0 Å². The van der Waals surface area contributed by atoms with Gasteiger partial charge in [-0.2, -0.15) is 0 Å². The summed E-state index contributed by atoms with van der Waals surface area (Å²) in [6, 6.07) is 1.71. The van der Waals surface area contributed by atoms with E-state index in [1.165, 1.54) is 0 Å². The zero-order valence-corrected chi connectivity index (χ0v) is 11.7. The summed E-state index contributed by atoms with van der Waals surface area (Å²) in [5, 5.41) is 7.69. The maximum absolute atomic E-state index is 7.38. The highest BCUT2D eigenvalue weighted by Crippen LogP contribution is 2.21. The molecule has 92 valence electrons. The van der Waals surface area contributed by atoms with E-state index in [0.717, 1.165) is 5.69 Å². The van der Waals surface area contributed by atoms with E-state index in [1.807, 2.05) is 34.6 Å². The average Bonchev–Trinajstić information content (AvgIpc) is 2.21. The summed E-state index contributed by atoms with van der Waals surface area (Å²) >= 11 is 5.80. The first-order chi connectivity index (χ1) is 7.52. The molecule has 1 heterocycles. The number of nitrogen functional groups attached to an aromatic ring is 1. The standard InChI is InChI=1S/C8H10ClN3.2C2H6/c1-4-3-6(11)7(5(2)10)8(9)12-4;2*1-2/h3,10H,1-2H3,(H2,11,12);2*1-2H3. The number of halogens is 1. The van der Waals surface area contributed by atoms with Gasteiger partial charge in [-0.3, -0.25) is 0 Å². The normalized spacial score (nSPS) is 8.19. The molecule has 0 spiro atoms. The number of aromatic nitrogens is 1. The second-order valence-electron chi connectivity index (χ2n) is 2.64. The van der Waals surface area contributed by atoms with Crippen LogP contribution in [0, 0.1) is 12.3 Å². The number of pyridine rings is 1. The molecule has 1 rings (SSSR count). The summed E-state index contributed by atoms with van der Waals surface area (Å²) < 4.78 is 0. The Bertz CT molecular complexity index is 312. The van der Waals surface area contributed by atoms with Crippen molar-refractivity contribution in [3.05, 3.63) is 22.5 Å². The molecular formula is C12H22ClN3. The Hall–Kier alpha value is -1.09. The minimum Gasteiger partial charge on any atom is -0.398 e. The van der Waals surface area contributed by atoms with E-state index in [2.05, 4.69) is 4.98 Å². The molecule has 0 aromatic carbocycles. The van der Waals surface area contributed by atoms with Gasteiger partial charge in [-0.15, -0.1) is 0 Å². The molecular weight excluding hydrogens is 222 g/mol. The molecule has 3 nitrogen and oxygen atoms in total. The van der Waals surface area contributed by atoms with Crippen molar-refractivity contribution in [3.8, 4) is 0 Å². The van der Waals surface area contributed by atoms with Crippen molar-refractivity contribution in [2.24, 2.45) is 0 Å². The molecule has 0 saturated carbocycles. The lowest BCUT2D eigenvalue weighted by Gasteiger charge is -2.06. The van der Waals surface area contributed by atoms with E-state index in [9.17, 15) is 0 Å². The van der Waals surface area contributed by atoms with Gasteiger partial charge in [0.25, 0.3) is 0 Å². The monoisotopic (exact) mass is 243 g/mol. The number of nitrogens with zero attached hydrogens (tertiary/aromatic N) is 1. The fraction of sp³-hybridized carbons (Fsp3) is 0.500. The first-order valence-corrected chi connectivity index (χ1v) is 5.88. The average molecular weight is 244 g/mol. The van der Waals surface area contributed by atoms with Crippen LogP contribution in [-0.2, 0) is 0 Å². The van der Waals surface area contributed by atoms with Crippen LogP contribution in [0.1, 0.15) is 45.9 Å². The van der Waals surface area contributed by atoms with Crippen LogP contribution < -0.4 is 5.73 Å². The molecule has 0 unspecified atom stereocenters. The fourth-order valence-electron chi connectivity index (χ4n) is 1.03. The predicted molar refractivity (Wildman–Crippen MR) is 73.6 cm³/mol. The summed E-state index contributed by atoms with van der Waals surface area (Å²) in [4.78, 5) is 4.00. The Morgan fingerprint density at radius 1 is 1.31 bits per heavy atom. The van der Waals surface area contributed by atoms with Crippen LogP contribution in [0.2, 0.25) is 5.15 Å². The maximum atomic E-state index is 7.38. The van der Waals surface area contributed by atoms with E-state index < -0.39 is 0 Å². The van der Waals surface area contributed by atoms with Gasteiger partial charge in [-0.25, -0.2) is 4.98 Å². The minimum atomic E-state index is 0.306. The van der Waals surface area contributed by atoms with Crippen LogP contribution in [0.15, 0.2) is 6.07 Å². The SMILES string of the molecule is CC.CC.CC(=N)c1c(N)cc(C)nc1Cl. The molecule has 0 saturated heterocycles. The Morgan fingerprint density at radius 2 is 1.75 bits per heavy atom. The lowest BCUT2D eigenvalue weighted by Crippen LogP contribution is -2.03. The molecule has 3 N–H and O–H groups in total. The van der Waals surface area contributed by atoms with Gasteiger partial charge in [0.05, 0.1) is 5.56 Å². The third-order valence-electron chi connectivity index (χ3n) is 1.51. The first-order valence-electron chi connectivity index (χ1n) is 5.50. The van der Waals surface area contributed by atoms with E-state index in [0.29, 0.717) is 22.1 Å². The molecule has 16 heavy (non-hydrogen) atoms. The Labute approximate surface area is 104 Å². The molecule has 0 aliphatic rings. The van der Waals surface area contributed by atoms with Gasteiger partial charge >= 0.3 is 0 Å². The van der Waals surface area contributed by atoms with Crippen LogP contribution in [0.25, 0.3) is 0 Å². The van der Waals surface area contributed by atoms with Gasteiger partial charge in [-0.1, -0.05) is 39.3 Å². The Kier molecular flexibility index (Phi) is 9.91. The summed E-state index contributed by atoms with van der Waals surface area (Å²) in [7, 11) is 0. The molecule has 0 fully saturated rings. The van der Waals surface area contributed by atoms with E-state index >= 15 is 0 Å². The van der Waals surface area contributed by atoms with Crippen molar-refractivity contribution in [1.29, 1.82) is 5.41 Å². The lowest BCUT2D eigenvalue weighted by atomic mass is 10.1. The summed E-state index contributed by atoms with van der Waals surface area (Å²) in [6.45, 7) is 11.4. The van der Waals surface area contributed by atoms with Gasteiger partial charge in [-0.05, 0) is 19.9 Å². The molecule has 0 aliphatic carbocycles. The van der Waals surface area contributed by atoms with Crippen molar-refractivity contribution >= 4 is 23.0 Å². The van der Waals surface area contributed by atoms with Crippen LogP contribution in [0.3, 0.4) is 0 Å². The first kappa shape index (κ1) is 17.3. The molecule has 0 radical (unpaired) electrons. The van der Waals surface area contributed by atoms with Gasteiger partial charge in [0.15, 0.2) is 0 Å². The van der Waals surface area contributed by atoms with Crippen LogP contribution in [-0.4, -0.2) is 10.7 Å². The third-order valence-corrected chi connectivity index (χ3v) is 1.78. The number of anilines is 1. The Morgan fingerprint density at radius 3 is 2.06 bits per heavy atom. The number of nitrogens with one attached hydrogen (secondary N) is 1. The molecule has 0 aliphatic heterocycles. The van der Waals surface area contributed by atoms with E-state index in [-0.39, 0.29) is 0 Å². The number of hydrogen-bond donors (Lipinski definition) is 2. The summed E-state index contributed by atoms with van der Waals surface area (Å²) in [6.07, 6.45) is 0. The van der Waals surface area contributed by atoms with Gasteiger partial charge in [0, 0.05) is 17.1 Å².